The molecule has 0 radical (unpaired) electrons. The third-order valence-electron chi connectivity index (χ3n) is 7.17. The number of hydrogen-bond donors (Lipinski definition) is 1. The van der Waals surface area contributed by atoms with Gasteiger partial charge >= 0.3 is 0 Å². The number of nitrogens with one attached hydrogen (secondary N) is 1. The fraction of sp³-hybridized carbons (Fsp3) is 0.515. The van der Waals surface area contributed by atoms with Crippen molar-refractivity contribution in [3.63, 3.8) is 0 Å². The molecule has 40 heavy (non-hydrogen) atoms. The van der Waals surface area contributed by atoms with E-state index in [0.29, 0.717) is 30.2 Å². The molecule has 0 fully saturated rings. The van der Waals surface area contributed by atoms with Gasteiger partial charge in [-0.1, -0.05) is 107 Å². The molecule has 0 saturated heterocycles. The van der Waals surface area contributed by atoms with E-state index in [4.69, 9.17) is 9.47 Å². The zero-order chi connectivity index (χ0) is 27.7. The largest absolute Gasteiger partial charge is 1.00 e. The molecule has 0 aliphatic heterocycles. The van der Waals surface area contributed by atoms with Gasteiger partial charge in [0, 0.05) is 18.1 Å². The van der Waals surface area contributed by atoms with Crippen LogP contribution in [0.2, 0.25) is 0 Å². The Kier molecular flexibility index (Phi) is 16.6. The van der Waals surface area contributed by atoms with Crippen molar-refractivity contribution in [2.24, 2.45) is 0 Å². The highest BCUT2D eigenvalue weighted by molar-refractivity contribution is 7.07. The van der Waals surface area contributed by atoms with Crippen LogP contribution in [0, 0.1) is 6.92 Å². The number of rotatable bonds is 19. The molecule has 3 rings (SSSR count). The summed E-state index contributed by atoms with van der Waals surface area (Å²) < 4.78 is 13.7. The van der Waals surface area contributed by atoms with Crippen molar-refractivity contribution in [2.45, 2.75) is 97.4 Å². The van der Waals surface area contributed by atoms with Crippen LogP contribution in [0.25, 0.3) is 0 Å². The maximum atomic E-state index is 13.1. The molecule has 7 heteroatoms. The minimum Gasteiger partial charge on any atom is -1.00 e. The second-order valence-corrected chi connectivity index (χ2v) is 11.1. The summed E-state index contributed by atoms with van der Waals surface area (Å²) in [6.45, 7) is 5.73. The zero-order valence-corrected chi connectivity index (χ0v) is 27.0. The second kappa shape index (κ2) is 19.7. The third-order valence-corrected chi connectivity index (χ3v) is 8.02. The molecule has 1 aromatic heterocycles. The van der Waals surface area contributed by atoms with Crippen molar-refractivity contribution in [3.05, 3.63) is 70.2 Å². The van der Waals surface area contributed by atoms with Gasteiger partial charge in [0.1, 0.15) is 0 Å². The molecule has 1 amide bonds. The zero-order valence-electron chi connectivity index (χ0n) is 24.6. The first kappa shape index (κ1) is 33.8. The van der Waals surface area contributed by atoms with Crippen molar-refractivity contribution in [1.82, 2.24) is 0 Å². The summed E-state index contributed by atoms with van der Waals surface area (Å²) in [6.07, 6.45) is 15.8. The number of anilines is 1. The number of hydrogen-bond acceptors (Lipinski definition) is 4. The van der Waals surface area contributed by atoms with Crippen LogP contribution in [0.1, 0.15) is 106 Å². The highest BCUT2D eigenvalue weighted by Crippen LogP contribution is 2.29. The maximum absolute atomic E-state index is 13.1. The Hall–Kier alpha value is -2.38. The third kappa shape index (κ3) is 11.6. The molecule has 220 valence electrons. The normalized spacial score (nSPS) is 10.7. The van der Waals surface area contributed by atoms with Gasteiger partial charge < -0.3 is 31.8 Å². The number of aryl methyl sites for hydroxylation is 1. The first-order chi connectivity index (χ1) is 19.1. The van der Waals surface area contributed by atoms with Crippen LogP contribution >= 0.6 is 11.3 Å². The van der Waals surface area contributed by atoms with E-state index in [2.05, 4.69) is 34.6 Å². The number of ether oxygens (including phenoxy) is 2. The summed E-state index contributed by atoms with van der Waals surface area (Å²) in [7, 11) is 1.61. The van der Waals surface area contributed by atoms with Gasteiger partial charge in [0.2, 0.25) is 5.51 Å². The summed E-state index contributed by atoms with van der Waals surface area (Å²) in [6, 6.07) is 13.3. The number of thiazole rings is 1. The first-order valence-electron chi connectivity index (χ1n) is 14.7. The fourth-order valence-electron chi connectivity index (χ4n) is 4.73. The molecule has 1 heterocycles. The molecule has 0 aliphatic rings. The van der Waals surface area contributed by atoms with Gasteiger partial charge in [0.15, 0.2) is 23.7 Å². The molecule has 0 atom stereocenters. The van der Waals surface area contributed by atoms with E-state index in [1.807, 2.05) is 30.3 Å². The summed E-state index contributed by atoms with van der Waals surface area (Å²) in [5.74, 6) is 1.10. The predicted octanol–water partition coefficient (Wildman–Crippen LogP) is 5.74. The van der Waals surface area contributed by atoms with E-state index < -0.39 is 0 Å². The molecule has 3 aromatic rings. The van der Waals surface area contributed by atoms with Crippen molar-refractivity contribution in [3.8, 4) is 11.5 Å². The lowest BCUT2D eigenvalue weighted by molar-refractivity contribution is -0.689. The van der Waals surface area contributed by atoms with Crippen LogP contribution in [0.5, 0.6) is 11.5 Å². The van der Waals surface area contributed by atoms with Gasteiger partial charge in [0.25, 0.3) is 5.91 Å². The maximum Gasteiger partial charge on any atom is 0.255 e. The summed E-state index contributed by atoms with van der Waals surface area (Å²) >= 11 is 1.67. The number of carbonyl (C=O) groups is 1. The Morgan fingerprint density at radius 3 is 2.15 bits per heavy atom. The fourth-order valence-corrected chi connectivity index (χ4v) is 5.51. The SMILES string of the molecule is CCCCCCCCCCCCCCOc1ccc(C(=O)Nc2ccccc2C[n+]2cscc2C)cc1OC.[Br-]. The Morgan fingerprint density at radius 2 is 1.52 bits per heavy atom. The molecular weight excluding hydrogens is 584 g/mol. The monoisotopic (exact) mass is 630 g/mol. The van der Waals surface area contributed by atoms with Gasteiger partial charge in [-0.25, -0.2) is 0 Å². The predicted molar refractivity (Wildman–Crippen MR) is 162 cm³/mol. The smallest absolute Gasteiger partial charge is 0.255 e. The number of halogens is 1. The molecule has 1 N–H and O–H groups in total. The standard InChI is InChI=1S/C33H46N2O3S.BrH/c1-4-5-6-7-8-9-10-11-12-13-14-17-22-38-31-21-20-28(23-32(31)37-3)33(36)34-30-19-16-15-18-29(30)24-35-26-39-25-27(35)2;/h15-16,18-21,23,25-26H,4-14,17,22,24H2,1-3H3;1H. The van der Waals surface area contributed by atoms with Crippen molar-refractivity contribution < 1.29 is 35.8 Å². The molecule has 5 nitrogen and oxygen atoms in total. The highest BCUT2D eigenvalue weighted by atomic mass is 79.9. The van der Waals surface area contributed by atoms with E-state index in [1.165, 1.54) is 76.3 Å². The van der Waals surface area contributed by atoms with Crippen molar-refractivity contribution >= 4 is 22.9 Å². The molecular formula is C33H47BrN2O3S. The first-order valence-corrected chi connectivity index (χ1v) is 15.7. The number of unbranched alkanes of at least 4 members (excludes halogenated alkanes) is 11. The number of carbonyl (C=O) groups excluding carboxylic acids is 1. The number of benzene rings is 2. The average molecular weight is 632 g/mol. The Labute approximate surface area is 256 Å². The molecule has 2 aromatic carbocycles. The van der Waals surface area contributed by atoms with E-state index in [1.54, 1.807) is 30.6 Å². The Morgan fingerprint density at radius 1 is 0.875 bits per heavy atom. The molecule has 0 unspecified atom stereocenters. The van der Waals surface area contributed by atoms with Crippen LogP contribution in [0.15, 0.2) is 53.4 Å². The van der Waals surface area contributed by atoms with E-state index in [-0.39, 0.29) is 22.9 Å². The minimum absolute atomic E-state index is 0. The lowest BCUT2D eigenvalue weighted by Gasteiger charge is -2.13. The average Bonchev–Trinajstić information content (AvgIpc) is 3.36. The Bertz CT molecular complexity index is 1130. The Balaban J connectivity index is 0.00000560. The minimum atomic E-state index is -0.166. The van der Waals surface area contributed by atoms with E-state index in [9.17, 15) is 4.79 Å². The molecule has 0 spiro atoms. The van der Waals surface area contributed by atoms with Crippen LogP contribution in [0.3, 0.4) is 0 Å². The van der Waals surface area contributed by atoms with Gasteiger partial charge in [-0.15, -0.1) is 0 Å². The van der Waals surface area contributed by atoms with Crippen LogP contribution in [-0.2, 0) is 6.54 Å². The van der Waals surface area contributed by atoms with Crippen LogP contribution in [-0.4, -0.2) is 19.6 Å². The van der Waals surface area contributed by atoms with Crippen molar-refractivity contribution in [2.75, 3.05) is 19.0 Å². The lowest BCUT2D eigenvalue weighted by Crippen LogP contribution is -3.00. The van der Waals surface area contributed by atoms with E-state index in [0.717, 1.165) is 17.7 Å². The topological polar surface area (TPSA) is 51.4 Å². The van der Waals surface area contributed by atoms with Gasteiger partial charge in [-0.2, -0.15) is 4.57 Å². The summed E-state index contributed by atoms with van der Waals surface area (Å²) in [5.41, 5.74) is 5.71. The molecule has 0 saturated carbocycles. The van der Waals surface area contributed by atoms with Crippen LogP contribution in [0.4, 0.5) is 5.69 Å². The van der Waals surface area contributed by atoms with Crippen molar-refractivity contribution in [1.29, 1.82) is 0 Å². The molecule has 0 aliphatic carbocycles. The van der Waals surface area contributed by atoms with E-state index >= 15 is 0 Å². The summed E-state index contributed by atoms with van der Waals surface area (Å²) in [5, 5.41) is 5.20. The van der Waals surface area contributed by atoms with Crippen LogP contribution < -0.4 is 36.3 Å². The molecule has 0 bridgehead atoms. The summed E-state index contributed by atoms with van der Waals surface area (Å²) in [4.78, 5) is 13.1. The second-order valence-electron chi connectivity index (χ2n) is 10.3. The number of nitrogens with zero attached hydrogens (tertiary/aromatic N) is 1. The quantitative estimate of drug-likeness (QED) is 0.136. The highest BCUT2D eigenvalue weighted by Gasteiger charge is 2.16. The lowest BCUT2D eigenvalue weighted by atomic mass is 10.1. The number of para-hydroxylation sites is 1. The number of aromatic nitrogens is 1. The number of methoxy groups -OCH3 is 1. The van der Waals surface area contributed by atoms with Gasteiger partial charge in [-0.05, 0) is 30.7 Å². The van der Waals surface area contributed by atoms with Gasteiger partial charge in [-0.3, -0.25) is 4.79 Å². The van der Waals surface area contributed by atoms with Gasteiger partial charge in [0.05, 0.1) is 24.8 Å². The number of amides is 1.